The number of hydrogen-bond acceptors (Lipinski definition) is 4. The van der Waals surface area contributed by atoms with E-state index in [0.717, 1.165) is 0 Å². The van der Waals surface area contributed by atoms with E-state index in [9.17, 15) is 10.1 Å². The molecule has 0 bridgehead atoms. The molecule has 1 aromatic carbocycles. The normalized spacial score (nSPS) is 11.9. The molecule has 0 fully saturated rings. The number of nitrogens with two attached hydrogens (primary N) is 1. The SMILES string of the molecule is CC(C)(/C=C/c1cc([N+](=O)[O-])ccc1N)CO. The van der Waals surface area contributed by atoms with Crippen molar-refractivity contribution < 1.29 is 10.0 Å². The van der Waals surface area contributed by atoms with E-state index in [-0.39, 0.29) is 17.7 Å². The van der Waals surface area contributed by atoms with Crippen LogP contribution < -0.4 is 5.73 Å². The van der Waals surface area contributed by atoms with Gasteiger partial charge in [0.25, 0.3) is 5.69 Å². The molecular formula is C12H16N2O3. The van der Waals surface area contributed by atoms with Gasteiger partial charge >= 0.3 is 0 Å². The minimum Gasteiger partial charge on any atom is -0.398 e. The molecule has 5 nitrogen and oxygen atoms in total. The summed E-state index contributed by atoms with van der Waals surface area (Å²) < 4.78 is 0. The Labute approximate surface area is 99.7 Å². The van der Waals surface area contributed by atoms with Crippen LogP contribution in [-0.4, -0.2) is 16.6 Å². The minimum absolute atomic E-state index is 0.000606. The second-order valence-electron chi connectivity index (χ2n) is 4.55. The molecule has 0 radical (unpaired) electrons. The van der Waals surface area contributed by atoms with Gasteiger partial charge in [-0.1, -0.05) is 26.0 Å². The molecule has 0 aliphatic rings. The van der Waals surface area contributed by atoms with Crippen LogP contribution in [0, 0.1) is 15.5 Å². The first kappa shape index (κ1) is 13.2. The number of benzene rings is 1. The van der Waals surface area contributed by atoms with Crippen molar-refractivity contribution in [3.8, 4) is 0 Å². The third-order valence-corrected chi connectivity index (χ3v) is 2.40. The lowest BCUT2D eigenvalue weighted by atomic mass is 9.93. The molecule has 0 aliphatic carbocycles. The number of anilines is 1. The molecule has 1 rings (SSSR count). The van der Waals surface area contributed by atoms with Gasteiger partial charge in [-0.2, -0.15) is 0 Å². The van der Waals surface area contributed by atoms with Crippen LogP contribution in [0.3, 0.4) is 0 Å². The lowest BCUT2D eigenvalue weighted by molar-refractivity contribution is -0.384. The molecule has 0 amide bonds. The van der Waals surface area contributed by atoms with E-state index in [0.29, 0.717) is 11.3 Å². The maximum absolute atomic E-state index is 10.6. The second-order valence-corrected chi connectivity index (χ2v) is 4.55. The molecule has 0 saturated carbocycles. The Bertz CT molecular complexity index is 453. The van der Waals surface area contributed by atoms with Crippen molar-refractivity contribution in [1.82, 2.24) is 0 Å². The predicted octanol–water partition coefficient (Wildman–Crippen LogP) is 2.21. The fourth-order valence-electron chi connectivity index (χ4n) is 1.19. The Kier molecular flexibility index (Phi) is 3.85. The van der Waals surface area contributed by atoms with Gasteiger partial charge in [-0.05, 0) is 6.07 Å². The van der Waals surface area contributed by atoms with Crippen LogP contribution in [0.1, 0.15) is 19.4 Å². The molecule has 0 atom stereocenters. The third-order valence-electron chi connectivity index (χ3n) is 2.40. The number of nitro groups is 1. The lowest BCUT2D eigenvalue weighted by Crippen LogP contribution is -2.12. The first-order chi connectivity index (χ1) is 7.85. The number of nitrogen functional groups attached to an aromatic ring is 1. The lowest BCUT2D eigenvalue weighted by Gasteiger charge is -2.15. The highest BCUT2D eigenvalue weighted by atomic mass is 16.6. The zero-order valence-electron chi connectivity index (χ0n) is 9.88. The molecule has 0 spiro atoms. The average Bonchev–Trinajstić information content (AvgIpc) is 2.27. The van der Waals surface area contributed by atoms with E-state index in [1.807, 2.05) is 13.8 Å². The van der Waals surface area contributed by atoms with Crippen molar-refractivity contribution >= 4 is 17.5 Å². The predicted molar refractivity (Wildman–Crippen MR) is 67.4 cm³/mol. The molecular weight excluding hydrogens is 220 g/mol. The summed E-state index contributed by atoms with van der Waals surface area (Å²) in [5.74, 6) is 0. The maximum atomic E-state index is 10.6. The van der Waals surface area contributed by atoms with Gasteiger partial charge in [-0.25, -0.2) is 0 Å². The highest BCUT2D eigenvalue weighted by molar-refractivity contribution is 5.67. The largest absolute Gasteiger partial charge is 0.398 e. The number of hydrogen-bond donors (Lipinski definition) is 2. The maximum Gasteiger partial charge on any atom is 0.270 e. The van der Waals surface area contributed by atoms with Gasteiger partial charge in [0.15, 0.2) is 0 Å². The van der Waals surface area contributed by atoms with Crippen LogP contribution in [-0.2, 0) is 0 Å². The summed E-state index contributed by atoms with van der Waals surface area (Å²) in [4.78, 5) is 10.2. The summed E-state index contributed by atoms with van der Waals surface area (Å²) >= 11 is 0. The highest BCUT2D eigenvalue weighted by Gasteiger charge is 2.12. The van der Waals surface area contributed by atoms with Gasteiger partial charge in [0.2, 0.25) is 0 Å². The van der Waals surface area contributed by atoms with Crippen LogP contribution in [0.5, 0.6) is 0 Å². The summed E-state index contributed by atoms with van der Waals surface area (Å²) in [5, 5.41) is 19.7. The Morgan fingerprint density at radius 1 is 1.53 bits per heavy atom. The van der Waals surface area contributed by atoms with E-state index in [1.165, 1.54) is 18.2 Å². The van der Waals surface area contributed by atoms with Crippen molar-refractivity contribution in [2.24, 2.45) is 5.41 Å². The average molecular weight is 236 g/mol. The number of non-ortho nitro benzene ring substituents is 1. The van der Waals surface area contributed by atoms with Crippen LogP contribution in [0.15, 0.2) is 24.3 Å². The molecule has 0 heterocycles. The van der Waals surface area contributed by atoms with E-state index in [4.69, 9.17) is 10.8 Å². The Morgan fingerprint density at radius 3 is 2.71 bits per heavy atom. The summed E-state index contributed by atoms with van der Waals surface area (Å²) in [6, 6.07) is 4.28. The monoisotopic (exact) mass is 236 g/mol. The number of rotatable bonds is 4. The van der Waals surface area contributed by atoms with Gasteiger partial charge < -0.3 is 10.8 Å². The second kappa shape index (κ2) is 4.97. The Morgan fingerprint density at radius 2 is 2.18 bits per heavy atom. The number of nitrogens with zero attached hydrogens (tertiary/aromatic N) is 1. The first-order valence-corrected chi connectivity index (χ1v) is 5.20. The molecule has 0 saturated heterocycles. The topological polar surface area (TPSA) is 89.4 Å². The van der Waals surface area contributed by atoms with Crippen molar-refractivity contribution in [2.45, 2.75) is 13.8 Å². The zero-order chi connectivity index (χ0) is 13.1. The van der Waals surface area contributed by atoms with Crippen molar-refractivity contribution in [2.75, 3.05) is 12.3 Å². The number of nitro benzene ring substituents is 1. The van der Waals surface area contributed by atoms with E-state index >= 15 is 0 Å². The van der Waals surface area contributed by atoms with Crippen LogP contribution in [0.4, 0.5) is 11.4 Å². The van der Waals surface area contributed by atoms with Crippen molar-refractivity contribution in [1.29, 1.82) is 0 Å². The van der Waals surface area contributed by atoms with Crippen LogP contribution in [0.25, 0.3) is 6.08 Å². The standard InChI is InChI=1S/C12H16N2O3/c1-12(2,8-15)6-5-9-7-10(14(16)17)3-4-11(9)13/h3-7,15H,8,13H2,1-2H3/b6-5+. The van der Waals surface area contributed by atoms with Crippen molar-refractivity contribution in [3.05, 3.63) is 40.0 Å². The molecule has 3 N–H and O–H groups in total. The summed E-state index contributed by atoms with van der Waals surface area (Å²) in [7, 11) is 0. The van der Waals surface area contributed by atoms with Crippen LogP contribution in [0.2, 0.25) is 0 Å². The summed E-state index contributed by atoms with van der Waals surface area (Å²) in [6.07, 6.45) is 3.47. The van der Waals surface area contributed by atoms with E-state index in [2.05, 4.69) is 0 Å². The summed E-state index contributed by atoms with van der Waals surface area (Å²) in [6.45, 7) is 3.71. The molecule has 0 unspecified atom stereocenters. The third kappa shape index (κ3) is 3.57. The number of aliphatic hydroxyl groups is 1. The number of aliphatic hydroxyl groups excluding tert-OH is 1. The zero-order valence-corrected chi connectivity index (χ0v) is 9.88. The van der Waals surface area contributed by atoms with Gasteiger partial charge in [-0.3, -0.25) is 10.1 Å². The van der Waals surface area contributed by atoms with Gasteiger partial charge in [0.1, 0.15) is 0 Å². The Balaban J connectivity index is 3.06. The molecule has 92 valence electrons. The van der Waals surface area contributed by atoms with Gasteiger partial charge in [0.05, 0.1) is 11.5 Å². The smallest absolute Gasteiger partial charge is 0.270 e. The molecule has 1 aromatic rings. The van der Waals surface area contributed by atoms with Gasteiger partial charge in [-0.15, -0.1) is 0 Å². The quantitative estimate of drug-likeness (QED) is 0.476. The van der Waals surface area contributed by atoms with Crippen LogP contribution >= 0.6 is 0 Å². The fraction of sp³-hybridized carbons (Fsp3) is 0.333. The Hall–Kier alpha value is -1.88. The summed E-state index contributed by atoms with van der Waals surface area (Å²) in [5.41, 5.74) is 6.40. The van der Waals surface area contributed by atoms with E-state index < -0.39 is 4.92 Å². The fourth-order valence-corrected chi connectivity index (χ4v) is 1.19. The molecule has 5 heteroatoms. The molecule has 17 heavy (non-hydrogen) atoms. The van der Waals surface area contributed by atoms with Crippen molar-refractivity contribution in [3.63, 3.8) is 0 Å². The van der Waals surface area contributed by atoms with Gasteiger partial charge in [0, 0.05) is 28.8 Å². The minimum atomic E-state index is -0.464. The molecule has 0 aromatic heterocycles. The van der Waals surface area contributed by atoms with E-state index in [1.54, 1.807) is 12.2 Å². The highest BCUT2D eigenvalue weighted by Crippen LogP contribution is 2.23. The first-order valence-electron chi connectivity index (χ1n) is 5.20. The molecule has 0 aliphatic heterocycles.